The van der Waals surface area contributed by atoms with Crippen molar-refractivity contribution in [2.45, 2.75) is 66.7 Å². The molecule has 0 aromatic carbocycles. The first kappa shape index (κ1) is 13.1. The molecule has 0 bridgehead atoms. The van der Waals surface area contributed by atoms with Crippen LogP contribution in [0, 0.1) is 29.6 Å². The predicted molar refractivity (Wildman–Crippen MR) is 68.9 cm³/mol. The van der Waals surface area contributed by atoms with E-state index in [2.05, 4.69) is 34.6 Å². The Morgan fingerprint density at radius 2 is 1.67 bits per heavy atom. The van der Waals surface area contributed by atoms with Gasteiger partial charge in [-0.25, -0.2) is 0 Å². The van der Waals surface area contributed by atoms with Crippen LogP contribution >= 0.6 is 0 Å². The van der Waals surface area contributed by atoms with Gasteiger partial charge in [-0.05, 0) is 48.9 Å². The molecule has 0 amide bonds. The summed E-state index contributed by atoms with van der Waals surface area (Å²) in [6, 6.07) is 0. The molecule has 1 saturated carbocycles. The maximum Gasteiger partial charge on any atom is -0.0380 e. The van der Waals surface area contributed by atoms with Crippen molar-refractivity contribution in [1.29, 1.82) is 0 Å². The Labute approximate surface area is 96.8 Å². The smallest absolute Gasteiger partial charge is 0.0380 e. The molecule has 0 nitrogen and oxygen atoms in total. The van der Waals surface area contributed by atoms with Gasteiger partial charge in [0.15, 0.2) is 0 Å². The molecule has 4 unspecified atom stereocenters. The summed E-state index contributed by atoms with van der Waals surface area (Å²) in [7, 11) is 0. The van der Waals surface area contributed by atoms with Crippen molar-refractivity contribution < 1.29 is 0 Å². The average Bonchev–Trinajstić information content (AvgIpc) is 2.92. The molecule has 90 valence electrons. The summed E-state index contributed by atoms with van der Waals surface area (Å²) in [5, 5.41) is 0. The fraction of sp³-hybridized carbons (Fsp3) is 1.00. The Balaban J connectivity index is 2.10. The second kappa shape index (κ2) is 5.92. The molecule has 0 saturated heterocycles. The summed E-state index contributed by atoms with van der Waals surface area (Å²) >= 11 is 0. The van der Waals surface area contributed by atoms with Gasteiger partial charge < -0.3 is 0 Å². The molecule has 0 aromatic rings. The highest BCUT2D eigenvalue weighted by molar-refractivity contribution is 4.87. The lowest BCUT2D eigenvalue weighted by Crippen LogP contribution is -2.08. The number of hydrogen-bond donors (Lipinski definition) is 0. The molecule has 4 atom stereocenters. The van der Waals surface area contributed by atoms with Gasteiger partial charge in [-0.3, -0.25) is 0 Å². The first-order chi connectivity index (χ1) is 7.04. The lowest BCUT2D eigenvalue weighted by Gasteiger charge is -2.18. The Kier molecular flexibility index (Phi) is 5.15. The number of rotatable bonds is 7. The fourth-order valence-corrected chi connectivity index (χ4v) is 2.61. The zero-order valence-electron chi connectivity index (χ0n) is 11.4. The van der Waals surface area contributed by atoms with Crippen LogP contribution in [0.25, 0.3) is 0 Å². The van der Waals surface area contributed by atoms with Crippen LogP contribution in [0.1, 0.15) is 66.7 Å². The summed E-state index contributed by atoms with van der Waals surface area (Å²) in [5.74, 6) is 4.96. The van der Waals surface area contributed by atoms with E-state index < -0.39 is 0 Å². The largest absolute Gasteiger partial charge is 0.0651 e. The molecule has 0 spiro atoms. The van der Waals surface area contributed by atoms with E-state index >= 15 is 0 Å². The SMILES string of the molecule is CCC(C)C(C)CC1CC1CCC(C)C. The molecule has 0 radical (unpaired) electrons. The van der Waals surface area contributed by atoms with E-state index in [1.807, 2.05) is 0 Å². The first-order valence-electron chi connectivity index (χ1n) is 7.04. The summed E-state index contributed by atoms with van der Waals surface area (Å²) in [4.78, 5) is 0. The molecule has 1 aliphatic carbocycles. The minimum atomic E-state index is 0.901. The van der Waals surface area contributed by atoms with E-state index in [-0.39, 0.29) is 0 Å². The summed E-state index contributed by atoms with van der Waals surface area (Å²) in [6.07, 6.45) is 7.32. The van der Waals surface area contributed by atoms with Crippen LogP contribution in [-0.4, -0.2) is 0 Å². The maximum absolute atomic E-state index is 2.45. The molecule has 0 aromatic heterocycles. The predicted octanol–water partition coefficient (Wildman–Crippen LogP) is 5.13. The molecule has 15 heavy (non-hydrogen) atoms. The third kappa shape index (κ3) is 4.57. The minimum absolute atomic E-state index is 0.901. The minimum Gasteiger partial charge on any atom is -0.0651 e. The van der Waals surface area contributed by atoms with Crippen molar-refractivity contribution >= 4 is 0 Å². The van der Waals surface area contributed by atoms with Gasteiger partial charge in [0.25, 0.3) is 0 Å². The van der Waals surface area contributed by atoms with Gasteiger partial charge >= 0.3 is 0 Å². The van der Waals surface area contributed by atoms with E-state index in [0.29, 0.717) is 0 Å². The molecular formula is C15H30. The zero-order valence-corrected chi connectivity index (χ0v) is 11.4. The molecule has 1 rings (SSSR count). The quantitative estimate of drug-likeness (QED) is 0.546. The summed E-state index contributed by atoms with van der Waals surface area (Å²) < 4.78 is 0. The molecular weight excluding hydrogens is 180 g/mol. The van der Waals surface area contributed by atoms with Crippen molar-refractivity contribution in [2.75, 3.05) is 0 Å². The van der Waals surface area contributed by atoms with Gasteiger partial charge in [-0.1, -0.05) is 47.5 Å². The summed E-state index contributed by atoms with van der Waals surface area (Å²) in [5.41, 5.74) is 0. The van der Waals surface area contributed by atoms with Gasteiger partial charge in [0.05, 0.1) is 0 Å². The van der Waals surface area contributed by atoms with E-state index in [0.717, 1.165) is 29.6 Å². The lowest BCUT2D eigenvalue weighted by molar-refractivity contribution is 0.330. The van der Waals surface area contributed by atoms with Crippen LogP contribution in [0.2, 0.25) is 0 Å². The molecule has 0 heterocycles. The van der Waals surface area contributed by atoms with Gasteiger partial charge in [0.1, 0.15) is 0 Å². The second-order valence-electron chi connectivity index (χ2n) is 6.33. The van der Waals surface area contributed by atoms with Crippen LogP contribution < -0.4 is 0 Å². The van der Waals surface area contributed by atoms with Crippen molar-refractivity contribution in [3.63, 3.8) is 0 Å². The van der Waals surface area contributed by atoms with Crippen LogP contribution in [0.15, 0.2) is 0 Å². The molecule has 1 fully saturated rings. The van der Waals surface area contributed by atoms with Crippen molar-refractivity contribution in [1.82, 2.24) is 0 Å². The molecule has 0 aliphatic heterocycles. The average molecular weight is 210 g/mol. The first-order valence-corrected chi connectivity index (χ1v) is 7.04. The Bertz CT molecular complexity index is 171. The third-order valence-electron chi connectivity index (χ3n) is 4.47. The normalized spacial score (nSPS) is 29.2. The van der Waals surface area contributed by atoms with Crippen molar-refractivity contribution in [2.24, 2.45) is 29.6 Å². The molecule has 0 heteroatoms. The third-order valence-corrected chi connectivity index (χ3v) is 4.47. The van der Waals surface area contributed by atoms with E-state index in [9.17, 15) is 0 Å². The Morgan fingerprint density at radius 1 is 1.00 bits per heavy atom. The Hall–Kier alpha value is 0. The van der Waals surface area contributed by atoms with E-state index in [1.54, 1.807) is 0 Å². The van der Waals surface area contributed by atoms with Gasteiger partial charge in [-0.15, -0.1) is 0 Å². The van der Waals surface area contributed by atoms with Crippen molar-refractivity contribution in [3.05, 3.63) is 0 Å². The zero-order chi connectivity index (χ0) is 11.4. The monoisotopic (exact) mass is 210 g/mol. The van der Waals surface area contributed by atoms with Gasteiger partial charge in [-0.2, -0.15) is 0 Å². The molecule has 1 aliphatic rings. The highest BCUT2D eigenvalue weighted by Gasteiger charge is 2.37. The van der Waals surface area contributed by atoms with Gasteiger partial charge in [0.2, 0.25) is 0 Å². The van der Waals surface area contributed by atoms with Crippen LogP contribution in [0.4, 0.5) is 0 Å². The Morgan fingerprint density at radius 3 is 2.20 bits per heavy atom. The highest BCUT2D eigenvalue weighted by atomic mass is 14.4. The fourth-order valence-electron chi connectivity index (χ4n) is 2.61. The topological polar surface area (TPSA) is 0 Å². The second-order valence-corrected chi connectivity index (χ2v) is 6.33. The van der Waals surface area contributed by atoms with Crippen LogP contribution in [0.5, 0.6) is 0 Å². The number of hydrogen-bond acceptors (Lipinski definition) is 0. The van der Waals surface area contributed by atoms with Crippen LogP contribution in [-0.2, 0) is 0 Å². The van der Waals surface area contributed by atoms with Crippen molar-refractivity contribution in [3.8, 4) is 0 Å². The van der Waals surface area contributed by atoms with E-state index in [1.165, 1.54) is 32.1 Å². The summed E-state index contributed by atoms with van der Waals surface area (Å²) in [6.45, 7) is 11.9. The van der Waals surface area contributed by atoms with E-state index in [4.69, 9.17) is 0 Å². The highest BCUT2D eigenvalue weighted by Crippen LogP contribution is 2.47. The van der Waals surface area contributed by atoms with Gasteiger partial charge in [0, 0.05) is 0 Å². The van der Waals surface area contributed by atoms with Crippen LogP contribution in [0.3, 0.4) is 0 Å². The maximum atomic E-state index is 2.45. The lowest BCUT2D eigenvalue weighted by atomic mass is 9.88. The standard InChI is InChI=1S/C15H30/c1-6-12(4)13(5)9-15-10-14(15)8-7-11(2)3/h11-15H,6-10H2,1-5H3. The molecule has 0 N–H and O–H groups in total.